The fourth-order valence-corrected chi connectivity index (χ4v) is 3.10. The number of hydrogen-bond donors (Lipinski definition) is 2. The van der Waals surface area contributed by atoms with Crippen LogP contribution in [-0.4, -0.2) is 11.1 Å². The van der Waals surface area contributed by atoms with Crippen LogP contribution in [0.2, 0.25) is 0 Å². The second-order valence-electron chi connectivity index (χ2n) is 6.17. The van der Waals surface area contributed by atoms with Gasteiger partial charge in [0.25, 0.3) is 0 Å². The van der Waals surface area contributed by atoms with Crippen LogP contribution in [0.4, 0.5) is 5.82 Å². The SMILES string of the molecule is CC1CC(Oc2ccnc(NN)c2)CC(C)(C)C1. The summed E-state index contributed by atoms with van der Waals surface area (Å²) in [6.07, 6.45) is 5.50. The lowest BCUT2D eigenvalue weighted by atomic mass is 9.71. The zero-order valence-corrected chi connectivity index (χ0v) is 11.4. The molecule has 2 rings (SSSR count). The van der Waals surface area contributed by atoms with E-state index in [1.54, 1.807) is 6.20 Å². The van der Waals surface area contributed by atoms with Crippen molar-refractivity contribution >= 4 is 5.82 Å². The molecule has 1 heterocycles. The fraction of sp³-hybridized carbons (Fsp3) is 0.643. The summed E-state index contributed by atoms with van der Waals surface area (Å²) in [7, 11) is 0. The zero-order valence-electron chi connectivity index (χ0n) is 11.4. The first-order valence-electron chi connectivity index (χ1n) is 6.58. The van der Waals surface area contributed by atoms with Gasteiger partial charge in [-0.15, -0.1) is 0 Å². The van der Waals surface area contributed by atoms with Gasteiger partial charge >= 0.3 is 0 Å². The average molecular weight is 249 g/mol. The number of hydrogen-bond acceptors (Lipinski definition) is 4. The van der Waals surface area contributed by atoms with Crippen LogP contribution in [0.5, 0.6) is 5.75 Å². The van der Waals surface area contributed by atoms with Crippen LogP contribution in [0.25, 0.3) is 0 Å². The highest BCUT2D eigenvalue weighted by Crippen LogP contribution is 2.40. The third-order valence-electron chi connectivity index (χ3n) is 3.53. The highest BCUT2D eigenvalue weighted by molar-refractivity contribution is 5.39. The summed E-state index contributed by atoms with van der Waals surface area (Å²) in [5.74, 6) is 7.54. The Kier molecular flexibility index (Phi) is 3.76. The monoisotopic (exact) mass is 249 g/mol. The molecule has 3 N–H and O–H groups in total. The van der Waals surface area contributed by atoms with E-state index in [2.05, 4.69) is 31.2 Å². The van der Waals surface area contributed by atoms with Crippen molar-refractivity contribution in [2.75, 3.05) is 5.43 Å². The molecular formula is C14H23N3O. The number of ether oxygens (including phenoxy) is 1. The molecule has 0 saturated heterocycles. The predicted octanol–water partition coefficient (Wildman–Crippen LogP) is 2.96. The molecule has 1 aromatic rings. The summed E-state index contributed by atoms with van der Waals surface area (Å²) < 4.78 is 6.07. The maximum absolute atomic E-state index is 6.07. The van der Waals surface area contributed by atoms with Crippen molar-refractivity contribution in [3.8, 4) is 5.75 Å². The zero-order chi connectivity index (χ0) is 13.2. The molecule has 2 atom stereocenters. The molecule has 1 saturated carbocycles. The predicted molar refractivity (Wildman–Crippen MR) is 73.3 cm³/mol. The van der Waals surface area contributed by atoms with Crippen LogP contribution in [0.1, 0.15) is 40.0 Å². The summed E-state index contributed by atoms with van der Waals surface area (Å²) in [5.41, 5.74) is 2.90. The Bertz CT molecular complexity index is 406. The van der Waals surface area contributed by atoms with E-state index in [1.807, 2.05) is 12.1 Å². The Morgan fingerprint density at radius 2 is 2.22 bits per heavy atom. The number of rotatable bonds is 3. The molecule has 0 radical (unpaired) electrons. The lowest BCUT2D eigenvalue weighted by molar-refractivity contribution is 0.0562. The summed E-state index contributed by atoms with van der Waals surface area (Å²) in [6.45, 7) is 6.94. The minimum absolute atomic E-state index is 0.289. The number of nitrogens with zero attached hydrogens (tertiary/aromatic N) is 1. The highest BCUT2D eigenvalue weighted by Gasteiger charge is 2.33. The molecule has 1 aromatic heterocycles. The van der Waals surface area contributed by atoms with Gasteiger partial charge in [-0.1, -0.05) is 20.8 Å². The smallest absolute Gasteiger partial charge is 0.143 e. The number of pyridine rings is 1. The summed E-state index contributed by atoms with van der Waals surface area (Å²) in [5, 5.41) is 0. The van der Waals surface area contributed by atoms with Crippen molar-refractivity contribution in [2.24, 2.45) is 17.2 Å². The van der Waals surface area contributed by atoms with Crippen LogP contribution >= 0.6 is 0 Å². The van der Waals surface area contributed by atoms with Gasteiger partial charge in [-0.3, -0.25) is 0 Å². The van der Waals surface area contributed by atoms with E-state index in [1.165, 1.54) is 6.42 Å². The van der Waals surface area contributed by atoms with Crippen molar-refractivity contribution in [3.05, 3.63) is 18.3 Å². The summed E-state index contributed by atoms with van der Waals surface area (Å²) in [4.78, 5) is 4.08. The molecular weight excluding hydrogens is 226 g/mol. The van der Waals surface area contributed by atoms with Gasteiger partial charge in [-0.05, 0) is 36.7 Å². The third kappa shape index (κ3) is 3.35. The molecule has 1 aliphatic rings. The van der Waals surface area contributed by atoms with E-state index in [4.69, 9.17) is 10.6 Å². The molecule has 4 heteroatoms. The average Bonchev–Trinajstić information content (AvgIpc) is 2.26. The van der Waals surface area contributed by atoms with Gasteiger partial charge in [0.15, 0.2) is 0 Å². The van der Waals surface area contributed by atoms with E-state index < -0.39 is 0 Å². The van der Waals surface area contributed by atoms with Gasteiger partial charge < -0.3 is 10.2 Å². The molecule has 100 valence electrons. The second kappa shape index (κ2) is 5.14. The maximum Gasteiger partial charge on any atom is 0.143 e. The number of aromatic nitrogens is 1. The van der Waals surface area contributed by atoms with Crippen molar-refractivity contribution < 1.29 is 4.74 Å². The number of anilines is 1. The van der Waals surface area contributed by atoms with Crippen LogP contribution in [0.3, 0.4) is 0 Å². The first-order chi connectivity index (χ1) is 8.48. The molecule has 18 heavy (non-hydrogen) atoms. The Balaban J connectivity index is 2.04. The quantitative estimate of drug-likeness (QED) is 0.638. The van der Waals surface area contributed by atoms with E-state index in [0.717, 1.165) is 18.6 Å². The fourth-order valence-electron chi connectivity index (χ4n) is 3.10. The summed E-state index contributed by atoms with van der Waals surface area (Å²) in [6, 6.07) is 3.72. The largest absolute Gasteiger partial charge is 0.490 e. The number of nitrogen functional groups attached to an aromatic ring is 1. The lowest BCUT2D eigenvalue weighted by Gasteiger charge is -2.38. The van der Waals surface area contributed by atoms with E-state index in [0.29, 0.717) is 17.2 Å². The third-order valence-corrected chi connectivity index (χ3v) is 3.53. The first-order valence-corrected chi connectivity index (χ1v) is 6.58. The topological polar surface area (TPSA) is 60.2 Å². The minimum atomic E-state index is 0.289. The molecule has 0 bridgehead atoms. The standard InChI is InChI=1S/C14H23N3O/c1-10-6-12(9-14(2,3)8-10)18-11-4-5-16-13(7-11)17-15/h4-5,7,10,12H,6,8-9,15H2,1-3H3,(H,16,17). The van der Waals surface area contributed by atoms with Crippen molar-refractivity contribution in [2.45, 2.75) is 46.1 Å². The molecule has 0 amide bonds. The second-order valence-corrected chi connectivity index (χ2v) is 6.17. The lowest BCUT2D eigenvalue weighted by Crippen LogP contribution is -2.34. The van der Waals surface area contributed by atoms with Gasteiger partial charge in [0.2, 0.25) is 0 Å². The normalized spacial score (nSPS) is 26.7. The number of nitrogens with one attached hydrogen (secondary N) is 1. The van der Waals surface area contributed by atoms with Gasteiger partial charge in [-0.25, -0.2) is 10.8 Å². The van der Waals surface area contributed by atoms with E-state index in [9.17, 15) is 0 Å². The Hall–Kier alpha value is -1.29. The molecule has 0 spiro atoms. The number of hydrazine groups is 1. The Morgan fingerprint density at radius 1 is 1.44 bits per heavy atom. The molecule has 2 unspecified atom stereocenters. The number of nitrogens with two attached hydrogens (primary N) is 1. The summed E-state index contributed by atoms with van der Waals surface area (Å²) >= 11 is 0. The van der Waals surface area contributed by atoms with Gasteiger partial charge in [-0.2, -0.15) is 0 Å². The molecule has 4 nitrogen and oxygen atoms in total. The van der Waals surface area contributed by atoms with Crippen molar-refractivity contribution in [1.82, 2.24) is 4.98 Å². The van der Waals surface area contributed by atoms with Crippen LogP contribution in [0.15, 0.2) is 18.3 Å². The first kappa shape index (κ1) is 13.1. The molecule has 1 fully saturated rings. The highest BCUT2D eigenvalue weighted by atomic mass is 16.5. The van der Waals surface area contributed by atoms with Gasteiger partial charge in [0, 0.05) is 12.3 Å². The van der Waals surface area contributed by atoms with Crippen molar-refractivity contribution in [1.29, 1.82) is 0 Å². The van der Waals surface area contributed by atoms with E-state index >= 15 is 0 Å². The Morgan fingerprint density at radius 3 is 2.89 bits per heavy atom. The maximum atomic E-state index is 6.07. The van der Waals surface area contributed by atoms with Gasteiger partial charge in [0.05, 0.1) is 6.10 Å². The van der Waals surface area contributed by atoms with Crippen LogP contribution in [-0.2, 0) is 0 Å². The van der Waals surface area contributed by atoms with E-state index in [-0.39, 0.29) is 6.10 Å². The van der Waals surface area contributed by atoms with Gasteiger partial charge in [0.1, 0.15) is 11.6 Å². The minimum Gasteiger partial charge on any atom is -0.490 e. The molecule has 0 aliphatic heterocycles. The molecule has 0 aromatic carbocycles. The van der Waals surface area contributed by atoms with Crippen LogP contribution in [0, 0.1) is 11.3 Å². The van der Waals surface area contributed by atoms with Crippen molar-refractivity contribution in [3.63, 3.8) is 0 Å². The Labute approximate surface area is 109 Å². The van der Waals surface area contributed by atoms with Crippen LogP contribution < -0.4 is 16.0 Å². The molecule has 1 aliphatic carbocycles.